The van der Waals surface area contributed by atoms with E-state index in [1.165, 1.54) is 0 Å². The Hall–Kier alpha value is -3.04. The van der Waals surface area contributed by atoms with Crippen molar-refractivity contribution >= 4 is 28.9 Å². The molecule has 1 fully saturated rings. The van der Waals surface area contributed by atoms with Crippen molar-refractivity contribution in [2.45, 2.75) is 31.1 Å². The van der Waals surface area contributed by atoms with E-state index < -0.39 is 11.4 Å². The van der Waals surface area contributed by atoms with Gasteiger partial charge in [-0.25, -0.2) is 0 Å². The number of thioether (sulfide) groups is 1. The average Bonchev–Trinajstić information content (AvgIpc) is 3.13. The molecule has 8 nitrogen and oxygen atoms in total. The van der Waals surface area contributed by atoms with E-state index in [4.69, 9.17) is 18.9 Å². The molecule has 0 aromatic heterocycles. The van der Waals surface area contributed by atoms with Crippen LogP contribution < -0.4 is 14.8 Å². The molecule has 1 saturated heterocycles. The molecule has 1 heterocycles. The zero-order chi connectivity index (χ0) is 22.9. The summed E-state index contributed by atoms with van der Waals surface area (Å²) < 4.78 is 22.0. The summed E-state index contributed by atoms with van der Waals surface area (Å²) in [7, 11) is 1.58. The first kappa shape index (κ1) is 23.6. The zero-order valence-electron chi connectivity index (χ0n) is 17.9. The number of rotatable bonds is 11. The Balaban J connectivity index is 1.60. The zero-order valence-corrected chi connectivity index (χ0v) is 18.7. The Kier molecular flexibility index (Phi) is 8.52. The first-order valence-corrected chi connectivity index (χ1v) is 11.0. The van der Waals surface area contributed by atoms with Gasteiger partial charge in [0.1, 0.15) is 24.2 Å². The van der Waals surface area contributed by atoms with E-state index in [-0.39, 0.29) is 36.9 Å². The minimum absolute atomic E-state index is 0.184. The molecule has 0 saturated carbocycles. The SMILES string of the molecule is CCC(=O)OCOC(COc1ccc(CC2SC(=O)NC2=O)cc1)c1cccc(OC)c1. The third kappa shape index (κ3) is 6.73. The lowest BCUT2D eigenvalue weighted by Crippen LogP contribution is -2.25. The van der Waals surface area contributed by atoms with Crippen LogP contribution in [-0.2, 0) is 25.5 Å². The fourth-order valence-corrected chi connectivity index (χ4v) is 3.86. The molecule has 0 bridgehead atoms. The largest absolute Gasteiger partial charge is 0.497 e. The summed E-state index contributed by atoms with van der Waals surface area (Å²) in [5, 5.41) is 1.57. The van der Waals surface area contributed by atoms with Crippen LogP contribution in [0.3, 0.4) is 0 Å². The van der Waals surface area contributed by atoms with Crippen LogP contribution in [-0.4, -0.2) is 42.9 Å². The van der Waals surface area contributed by atoms with Crippen molar-refractivity contribution in [3.63, 3.8) is 0 Å². The first-order valence-electron chi connectivity index (χ1n) is 10.1. The minimum Gasteiger partial charge on any atom is -0.497 e. The van der Waals surface area contributed by atoms with Crippen molar-refractivity contribution < 1.29 is 33.3 Å². The number of ether oxygens (including phenoxy) is 4. The number of hydrogen-bond donors (Lipinski definition) is 1. The molecule has 1 aliphatic rings. The first-order chi connectivity index (χ1) is 15.5. The number of amides is 2. The highest BCUT2D eigenvalue weighted by Gasteiger charge is 2.31. The van der Waals surface area contributed by atoms with Gasteiger partial charge < -0.3 is 18.9 Å². The predicted molar refractivity (Wildman–Crippen MR) is 119 cm³/mol. The number of nitrogens with one attached hydrogen (secondary N) is 1. The van der Waals surface area contributed by atoms with Crippen molar-refractivity contribution in [1.29, 1.82) is 0 Å². The van der Waals surface area contributed by atoms with Gasteiger partial charge in [-0.1, -0.05) is 43.0 Å². The Morgan fingerprint density at radius 2 is 1.91 bits per heavy atom. The van der Waals surface area contributed by atoms with E-state index in [2.05, 4.69) is 5.32 Å². The lowest BCUT2D eigenvalue weighted by Gasteiger charge is -2.19. The van der Waals surface area contributed by atoms with Crippen molar-refractivity contribution in [2.75, 3.05) is 20.5 Å². The molecule has 0 spiro atoms. The van der Waals surface area contributed by atoms with E-state index >= 15 is 0 Å². The maximum atomic E-state index is 11.7. The number of carbonyl (C=O) groups excluding carboxylic acids is 3. The standard InChI is InChI=1S/C23H25NO7S/c1-3-21(25)31-14-30-19(16-5-4-6-18(12-16)28-2)13-29-17-9-7-15(8-10-17)11-20-22(26)24-23(27)32-20/h4-10,12,19-20H,3,11,13-14H2,1-2H3,(H,24,26,27). The molecule has 1 N–H and O–H groups in total. The number of carbonyl (C=O) groups is 3. The Bertz CT molecular complexity index is 948. The van der Waals surface area contributed by atoms with Gasteiger partial charge in [-0.05, 0) is 41.8 Å². The van der Waals surface area contributed by atoms with Crippen LogP contribution in [0.5, 0.6) is 11.5 Å². The summed E-state index contributed by atoms with van der Waals surface area (Å²) >= 11 is 1.01. The number of esters is 1. The molecule has 32 heavy (non-hydrogen) atoms. The van der Waals surface area contributed by atoms with Gasteiger partial charge in [0.25, 0.3) is 5.24 Å². The van der Waals surface area contributed by atoms with Crippen LogP contribution in [0.2, 0.25) is 0 Å². The highest BCUT2D eigenvalue weighted by Crippen LogP contribution is 2.26. The summed E-state index contributed by atoms with van der Waals surface area (Å²) in [4.78, 5) is 34.4. The molecule has 3 rings (SSSR count). The molecule has 2 unspecified atom stereocenters. The quantitative estimate of drug-likeness (QED) is 0.402. The highest BCUT2D eigenvalue weighted by atomic mass is 32.2. The summed E-state index contributed by atoms with van der Waals surface area (Å²) in [6.07, 6.45) is 0.241. The number of hydrogen-bond acceptors (Lipinski definition) is 8. The molecule has 2 aromatic carbocycles. The van der Waals surface area contributed by atoms with E-state index in [9.17, 15) is 14.4 Å². The fraction of sp³-hybridized carbons (Fsp3) is 0.348. The van der Waals surface area contributed by atoms with Crippen molar-refractivity contribution in [3.8, 4) is 11.5 Å². The van der Waals surface area contributed by atoms with Gasteiger partial charge in [-0.2, -0.15) is 0 Å². The van der Waals surface area contributed by atoms with Gasteiger partial charge in [0, 0.05) is 6.42 Å². The summed E-state index contributed by atoms with van der Waals surface area (Å²) in [6.45, 7) is 1.71. The number of imide groups is 1. The van der Waals surface area contributed by atoms with Gasteiger partial charge in [-0.3, -0.25) is 19.7 Å². The molecule has 170 valence electrons. The monoisotopic (exact) mass is 459 g/mol. The smallest absolute Gasteiger partial charge is 0.307 e. The molecule has 1 aliphatic heterocycles. The molecule has 2 amide bonds. The maximum Gasteiger partial charge on any atom is 0.307 e. The summed E-state index contributed by atoms with van der Waals surface area (Å²) in [5.74, 6) is 0.692. The normalized spacial score (nSPS) is 16.4. The van der Waals surface area contributed by atoms with Crippen LogP contribution >= 0.6 is 11.8 Å². The van der Waals surface area contributed by atoms with Gasteiger partial charge in [0.15, 0.2) is 6.79 Å². The maximum absolute atomic E-state index is 11.7. The highest BCUT2D eigenvalue weighted by molar-refractivity contribution is 8.15. The second kappa shape index (κ2) is 11.5. The van der Waals surface area contributed by atoms with Crippen LogP contribution in [0, 0.1) is 0 Å². The van der Waals surface area contributed by atoms with Crippen molar-refractivity contribution in [2.24, 2.45) is 0 Å². The van der Waals surface area contributed by atoms with E-state index in [0.717, 1.165) is 22.9 Å². The third-order valence-electron chi connectivity index (χ3n) is 4.76. The topological polar surface area (TPSA) is 100 Å². The van der Waals surface area contributed by atoms with Gasteiger partial charge in [-0.15, -0.1) is 0 Å². The fourth-order valence-electron chi connectivity index (χ4n) is 3.00. The van der Waals surface area contributed by atoms with Crippen LogP contribution in [0.1, 0.15) is 30.6 Å². The molecule has 2 atom stereocenters. The number of methoxy groups -OCH3 is 1. The molecular weight excluding hydrogens is 434 g/mol. The second-order valence-corrected chi connectivity index (χ2v) is 8.14. The molecule has 9 heteroatoms. The minimum atomic E-state index is -0.487. The molecule has 2 aromatic rings. The summed E-state index contributed by atoms with van der Waals surface area (Å²) in [5.41, 5.74) is 1.74. The van der Waals surface area contributed by atoms with Crippen LogP contribution in [0.15, 0.2) is 48.5 Å². The van der Waals surface area contributed by atoms with Gasteiger partial charge >= 0.3 is 5.97 Å². The molecule has 0 radical (unpaired) electrons. The van der Waals surface area contributed by atoms with Crippen LogP contribution in [0.25, 0.3) is 0 Å². The Morgan fingerprint density at radius 1 is 1.12 bits per heavy atom. The van der Waals surface area contributed by atoms with E-state index in [1.807, 2.05) is 36.4 Å². The lowest BCUT2D eigenvalue weighted by atomic mass is 10.1. The van der Waals surface area contributed by atoms with Crippen molar-refractivity contribution in [3.05, 3.63) is 59.7 Å². The lowest BCUT2D eigenvalue weighted by molar-refractivity contribution is -0.162. The Morgan fingerprint density at radius 3 is 2.56 bits per heavy atom. The van der Waals surface area contributed by atoms with Gasteiger partial charge in [0.05, 0.1) is 12.4 Å². The van der Waals surface area contributed by atoms with E-state index in [0.29, 0.717) is 17.9 Å². The predicted octanol–water partition coefficient (Wildman–Crippen LogP) is 3.64. The number of benzene rings is 2. The van der Waals surface area contributed by atoms with E-state index in [1.54, 1.807) is 26.2 Å². The van der Waals surface area contributed by atoms with Crippen molar-refractivity contribution in [1.82, 2.24) is 5.32 Å². The molecular formula is C23H25NO7S. The van der Waals surface area contributed by atoms with Gasteiger partial charge in [0.2, 0.25) is 5.91 Å². The molecule has 0 aliphatic carbocycles. The third-order valence-corrected chi connectivity index (χ3v) is 5.74. The second-order valence-electron chi connectivity index (χ2n) is 6.96. The summed E-state index contributed by atoms with van der Waals surface area (Å²) in [6, 6.07) is 14.7. The average molecular weight is 460 g/mol. The Labute approximate surface area is 190 Å². The van der Waals surface area contributed by atoms with Crippen LogP contribution in [0.4, 0.5) is 4.79 Å².